The zero-order valence-electron chi connectivity index (χ0n) is 9.65. The molecule has 0 nitrogen and oxygen atoms in total. The van der Waals surface area contributed by atoms with Gasteiger partial charge in [-0.15, -0.1) is 0 Å². The van der Waals surface area contributed by atoms with Gasteiger partial charge in [0.2, 0.25) is 0 Å². The Morgan fingerprint density at radius 1 is 0.929 bits per heavy atom. The van der Waals surface area contributed by atoms with Gasteiger partial charge < -0.3 is 0 Å². The molecule has 0 unspecified atom stereocenters. The first-order valence-electron chi connectivity index (χ1n) is 6.01. The van der Waals surface area contributed by atoms with E-state index in [1.54, 1.807) is 6.08 Å². The Balaban J connectivity index is 2.95. The van der Waals surface area contributed by atoms with Gasteiger partial charge >= 0.3 is 0 Å². The van der Waals surface area contributed by atoms with Crippen LogP contribution in [0.15, 0.2) is 12.7 Å². The highest BCUT2D eigenvalue weighted by Gasteiger charge is 1.89. The molecule has 0 aromatic carbocycles. The molecule has 0 radical (unpaired) electrons. The van der Waals surface area contributed by atoms with Crippen LogP contribution in [0.3, 0.4) is 0 Å². The summed E-state index contributed by atoms with van der Waals surface area (Å²) in [6.45, 7) is 5.83. The van der Waals surface area contributed by atoms with Crippen LogP contribution in [0.1, 0.15) is 64.7 Å². The minimum Gasteiger partial charge on any atom is -0.0985 e. The van der Waals surface area contributed by atoms with Crippen LogP contribution >= 0.6 is 0 Å². The number of hydrogen-bond acceptors (Lipinski definition) is 0. The van der Waals surface area contributed by atoms with Crippen molar-refractivity contribution in [2.45, 2.75) is 64.7 Å². The number of rotatable bonds is 8. The largest absolute Gasteiger partial charge is 0.0985 e. The van der Waals surface area contributed by atoms with Crippen molar-refractivity contribution in [1.29, 1.82) is 0 Å². The summed E-state index contributed by atoms with van der Waals surface area (Å²) in [4.78, 5) is 0. The molecule has 0 saturated carbocycles. The van der Waals surface area contributed by atoms with Crippen molar-refractivity contribution < 1.29 is 0 Å². The van der Waals surface area contributed by atoms with E-state index in [2.05, 4.69) is 25.3 Å². The monoisotopic (exact) mass is 192 g/mol. The summed E-state index contributed by atoms with van der Waals surface area (Å²) in [5.74, 6) is 5.96. The van der Waals surface area contributed by atoms with Crippen LogP contribution in [0.4, 0.5) is 0 Å². The molecular formula is C14H24. The van der Waals surface area contributed by atoms with Crippen LogP contribution in [0.5, 0.6) is 0 Å². The maximum absolute atomic E-state index is 3.56. The lowest BCUT2D eigenvalue weighted by Crippen LogP contribution is -1.79. The molecule has 0 bridgehead atoms. The number of hydrogen-bond donors (Lipinski definition) is 0. The Kier molecular flexibility index (Phi) is 11.7. The third-order valence-corrected chi connectivity index (χ3v) is 2.36. The molecule has 0 N–H and O–H groups in total. The summed E-state index contributed by atoms with van der Waals surface area (Å²) >= 11 is 0. The molecule has 0 atom stereocenters. The lowest BCUT2D eigenvalue weighted by molar-refractivity contribution is 0.579. The van der Waals surface area contributed by atoms with Crippen molar-refractivity contribution >= 4 is 0 Å². The Hall–Kier alpha value is -0.700. The molecule has 0 saturated heterocycles. The van der Waals surface area contributed by atoms with Crippen LogP contribution in [0.2, 0.25) is 0 Å². The Morgan fingerprint density at radius 3 is 2.07 bits per heavy atom. The highest BCUT2D eigenvalue weighted by molar-refractivity contribution is 5.11. The van der Waals surface area contributed by atoms with E-state index in [0.29, 0.717) is 0 Å². The molecule has 80 valence electrons. The zero-order chi connectivity index (χ0) is 10.5. The minimum atomic E-state index is 1.04. The van der Waals surface area contributed by atoms with E-state index >= 15 is 0 Å². The first-order valence-corrected chi connectivity index (χ1v) is 6.01. The Labute approximate surface area is 89.8 Å². The molecule has 0 amide bonds. The third-order valence-electron chi connectivity index (χ3n) is 2.36. The molecule has 0 rings (SSSR count). The molecule has 0 spiro atoms. The van der Waals surface area contributed by atoms with E-state index in [4.69, 9.17) is 0 Å². The third kappa shape index (κ3) is 11.3. The van der Waals surface area contributed by atoms with Gasteiger partial charge in [-0.1, -0.05) is 70.3 Å². The number of allylic oxidation sites excluding steroid dienone is 1. The van der Waals surface area contributed by atoms with Crippen LogP contribution in [0, 0.1) is 11.8 Å². The van der Waals surface area contributed by atoms with Crippen LogP contribution in [0.25, 0.3) is 0 Å². The summed E-state index contributed by atoms with van der Waals surface area (Å²) in [6, 6.07) is 0. The second kappa shape index (κ2) is 12.3. The normalized spacial score (nSPS) is 9.21. The predicted octanol–water partition coefficient (Wildman–Crippen LogP) is 4.71. The molecule has 0 fully saturated rings. The molecule has 0 aromatic heterocycles. The fraction of sp³-hybridized carbons (Fsp3) is 0.714. The highest BCUT2D eigenvalue weighted by atomic mass is 14.0. The van der Waals surface area contributed by atoms with Gasteiger partial charge in [0.25, 0.3) is 0 Å². The van der Waals surface area contributed by atoms with E-state index in [0.717, 1.165) is 6.42 Å². The van der Waals surface area contributed by atoms with Gasteiger partial charge in [-0.2, -0.15) is 0 Å². The SMILES string of the molecule is C=CC#CCCCCCCCCCC. The molecule has 0 aromatic rings. The average molecular weight is 192 g/mol. The first kappa shape index (κ1) is 13.3. The molecular weight excluding hydrogens is 168 g/mol. The van der Waals surface area contributed by atoms with Crippen LogP contribution in [-0.2, 0) is 0 Å². The van der Waals surface area contributed by atoms with Gasteiger partial charge in [-0.3, -0.25) is 0 Å². The summed E-state index contributed by atoms with van der Waals surface area (Å²) in [5.41, 5.74) is 0. The lowest BCUT2D eigenvalue weighted by Gasteiger charge is -1.98. The van der Waals surface area contributed by atoms with Crippen molar-refractivity contribution in [3.63, 3.8) is 0 Å². The highest BCUT2D eigenvalue weighted by Crippen LogP contribution is 2.08. The van der Waals surface area contributed by atoms with Crippen molar-refractivity contribution in [3.8, 4) is 11.8 Å². The minimum absolute atomic E-state index is 1.04. The number of unbranched alkanes of at least 4 members (excludes halogenated alkanes) is 8. The van der Waals surface area contributed by atoms with Gasteiger partial charge in [0.1, 0.15) is 0 Å². The van der Waals surface area contributed by atoms with Crippen molar-refractivity contribution in [2.75, 3.05) is 0 Å². The maximum Gasteiger partial charge on any atom is 0.00922 e. The summed E-state index contributed by atoms with van der Waals surface area (Å²) < 4.78 is 0. The average Bonchev–Trinajstić information content (AvgIpc) is 2.21. The molecule has 0 heterocycles. The Morgan fingerprint density at radius 2 is 1.50 bits per heavy atom. The fourth-order valence-electron chi connectivity index (χ4n) is 1.49. The van der Waals surface area contributed by atoms with E-state index < -0.39 is 0 Å². The van der Waals surface area contributed by atoms with Crippen LogP contribution < -0.4 is 0 Å². The molecule has 0 heteroatoms. The molecule has 0 aliphatic carbocycles. The first-order chi connectivity index (χ1) is 6.91. The van der Waals surface area contributed by atoms with Crippen molar-refractivity contribution in [3.05, 3.63) is 12.7 Å². The molecule has 14 heavy (non-hydrogen) atoms. The van der Waals surface area contributed by atoms with Crippen molar-refractivity contribution in [1.82, 2.24) is 0 Å². The summed E-state index contributed by atoms with van der Waals surface area (Å²) in [6.07, 6.45) is 13.7. The topological polar surface area (TPSA) is 0 Å². The summed E-state index contributed by atoms with van der Waals surface area (Å²) in [7, 11) is 0. The maximum atomic E-state index is 3.56. The van der Waals surface area contributed by atoms with Gasteiger partial charge in [-0.05, 0) is 12.5 Å². The van der Waals surface area contributed by atoms with Gasteiger partial charge in [0.15, 0.2) is 0 Å². The second-order valence-electron chi connectivity index (χ2n) is 3.75. The van der Waals surface area contributed by atoms with E-state index in [1.807, 2.05) is 0 Å². The van der Waals surface area contributed by atoms with E-state index in [9.17, 15) is 0 Å². The van der Waals surface area contributed by atoms with Crippen LogP contribution in [-0.4, -0.2) is 0 Å². The van der Waals surface area contributed by atoms with E-state index in [1.165, 1.54) is 51.4 Å². The van der Waals surface area contributed by atoms with Gasteiger partial charge in [0, 0.05) is 6.42 Å². The second-order valence-corrected chi connectivity index (χ2v) is 3.75. The van der Waals surface area contributed by atoms with Crippen molar-refractivity contribution in [2.24, 2.45) is 0 Å². The lowest BCUT2D eigenvalue weighted by atomic mass is 10.1. The predicted molar refractivity (Wildman–Crippen MR) is 65.2 cm³/mol. The zero-order valence-corrected chi connectivity index (χ0v) is 9.65. The summed E-state index contributed by atoms with van der Waals surface area (Å²) in [5, 5.41) is 0. The Bertz CT molecular complexity index is 168. The van der Waals surface area contributed by atoms with Gasteiger partial charge in [-0.25, -0.2) is 0 Å². The molecule has 0 aliphatic heterocycles. The fourth-order valence-corrected chi connectivity index (χ4v) is 1.49. The quantitative estimate of drug-likeness (QED) is 0.386. The van der Waals surface area contributed by atoms with E-state index in [-0.39, 0.29) is 0 Å². The van der Waals surface area contributed by atoms with Gasteiger partial charge in [0.05, 0.1) is 0 Å². The smallest absolute Gasteiger partial charge is 0.00922 e. The standard InChI is InChI=1S/C14H24/c1-3-5-7-9-11-13-14-12-10-8-6-4-2/h3H,1,4,6,8-14H2,2H3. The molecule has 0 aliphatic rings.